The van der Waals surface area contributed by atoms with E-state index in [9.17, 15) is 4.79 Å². The summed E-state index contributed by atoms with van der Waals surface area (Å²) in [5, 5.41) is 0.724. The molecule has 0 fully saturated rings. The van der Waals surface area contributed by atoms with Gasteiger partial charge in [-0.1, -0.05) is 39.7 Å². The quantitative estimate of drug-likeness (QED) is 0.803. The molecule has 3 rings (SSSR count). The maximum atomic E-state index is 12.2. The van der Waals surface area contributed by atoms with Crippen molar-refractivity contribution in [3.05, 3.63) is 63.1 Å². The van der Waals surface area contributed by atoms with Crippen molar-refractivity contribution in [1.29, 1.82) is 0 Å². The van der Waals surface area contributed by atoms with Gasteiger partial charge in [0.15, 0.2) is 6.61 Å². The summed E-state index contributed by atoms with van der Waals surface area (Å²) in [6.45, 7) is 1.33. The van der Waals surface area contributed by atoms with Gasteiger partial charge in [0.2, 0.25) is 0 Å². The Bertz CT molecular complexity index is 688. The fourth-order valence-corrected chi connectivity index (χ4v) is 2.99. The van der Waals surface area contributed by atoms with Crippen LogP contribution in [0.4, 0.5) is 0 Å². The zero-order valence-corrected chi connectivity index (χ0v) is 14.2. The highest BCUT2D eigenvalue weighted by Gasteiger charge is 2.21. The summed E-state index contributed by atoms with van der Waals surface area (Å²) < 4.78 is 6.57. The minimum atomic E-state index is 0.0151. The van der Waals surface area contributed by atoms with Gasteiger partial charge in [-0.15, -0.1) is 0 Å². The second-order valence-corrected chi connectivity index (χ2v) is 6.58. The van der Waals surface area contributed by atoms with Crippen molar-refractivity contribution < 1.29 is 9.53 Å². The molecule has 0 bridgehead atoms. The van der Waals surface area contributed by atoms with Crippen molar-refractivity contribution in [3.63, 3.8) is 0 Å². The number of hydrogen-bond donors (Lipinski definition) is 0. The van der Waals surface area contributed by atoms with Crippen LogP contribution in [0.1, 0.15) is 11.1 Å². The number of hydrogen-bond acceptors (Lipinski definition) is 2. The number of fused-ring (bicyclic) bond motifs is 1. The third-order valence-electron chi connectivity index (χ3n) is 3.67. The minimum Gasteiger partial charge on any atom is -0.483 e. The lowest BCUT2D eigenvalue weighted by Gasteiger charge is -2.20. The van der Waals surface area contributed by atoms with Crippen LogP contribution >= 0.6 is 27.5 Å². The van der Waals surface area contributed by atoms with Crippen molar-refractivity contribution in [3.8, 4) is 5.75 Å². The molecule has 0 N–H and O–H groups in total. The molecule has 0 atom stereocenters. The first-order chi connectivity index (χ1) is 10.6. The zero-order valence-electron chi connectivity index (χ0n) is 11.9. The number of amides is 1. The van der Waals surface area contributed by atoms with E-state index in [-0.39, 0.29) is 12.5 Å². The minimum absolute atomic E-state index is 0.0151. The van der Waals surface area contributed by atoms with Gasteiger partial charge in [-0.05, 0) is 42.3 Å². The number of benzene rings is 2. The smallest absolute Gasteiger partial charge is 0.260 e. The van der Waals surface area contributed by atoms with Gasteiger partial charge in [0, 0.05) is 28.1 Å². The SMILES string of the molecule is O=C1COc2ccc(Br)cc2CN1CCc1ccc(Cl)cc1. The topological polar surface area (TPSA) is 29.5 Å². The van der Waals surface area contributed by atoms with Crippen LogP contribution in [0.3, 0.4) is 0 Å². The molecule has 22 heavy (non-hydrogen) atoms. The molecule has 0 spiro atoms. The predicted octanol–water partition coefficient (Wildman–Crippen LogP) is 4.07. The number of carbonyl (C=O) groups excluding carboxylic acids is 1. The second-order valence-electron chi connectivity index (χ2n) is 5.23. The Morgan fingerprint density at radius 3 is 2.73 bits per heavy atom. The molecule has 1 aliphatic heterocycles. The molecule has 2 aromatic rings. The Labute approximate surface area is 143 Å². The molecule has 0 unspecified atom stereocenters. The van der Waals surface area contributed by atoms with Crippen molar-refractivity contribution in [1.82, 2.24) is 4.90 Å². The summed E-state index contributed by atoms with van der Waals surface area (Å²) in [5.74, 6) is 0.798. The lowest BCUT2D eigenvalue weighted by Crippen LogP contribution is -2.34. The lowest BCUT2D eigenvalue weighted by atomic mass is 10.1. The van der Waals surface area contributed by atoms with Gasteiger partial charge >= 0.3 is 0 Å². The number of halogens is 2. The van der Waals surface area contributed by atoms with Crippen molar-refractivity contribution in [2.75, 3.05) is 13.2 Å². The summed E-state index contributed by atoms with van der Waals surface area (Å²) in [5.41, 5.74) is 2.19. The molecule has 3 nitrogen and oxygen atoms in total. The van der Waals surface area contributed by atoms with Crippen LogP contribution in [-0.4, -0.2) is 24.0 Å². The third-order valence-corrected chi connectivity index (χ3v) is 4.42. The summed E-state index contributed by atoms with van der Waals surface area (Å²) in [6, 6.07) is 13.6. The Balaban J connectivity index is 1.72. The first kappa shape index (κ1) is 15.4. The molecule has 1 heterocycles. The van der Waals surface area contributed by atoms with E-state index in [0.717, 1.165) is 32.8 Å². The van der Waals surface area contributed by atoms with Gasteiger partial charge in [-0.25, -0.2) is 0 Å². The average molecular weight is 381 g/mol. The molecule has 0 saturated heterocycles. The van der Waals surface area contributed by atoms with E-state index in [2.05, 4.69) is 15.9 Å². The summed E-state index contributed by atoms with van der Waals surface area (Å²) >= 11 is 9.35. The first-order valence-electron chi connectivity index (χ1n) is 7.05. The molecule has 0 aromatic heterocycles. The van der Waals surface area contributed by atoms with Gasteiger partial charge in [-0.2, -0.15) is 0 Å². The molecule has 0 aliphatic carbocycles. The first-order valence-corrected chi connectivity index (χ1v) is 8.22. The lowest BCUT2D eigenvalue weighted by molar-refractivity contribution is -0.133. The van der Waals surface area contributed by atoms with Crippen molar-refractivity contribution in [2.24, 2.45) is 0 Å². The maximum absolute atomic E-state index is 12.2. The van der Waals surface area contributed by atoms with Gasteiger partial charge < -0.3 is 9.64 Å². The number of nitrogens with zero attached hydrogens (tertiary/aromatic N) is 1. The summed E-state index contributed by atoms with van der Waals surface area (Å²) in [4.78, 5) is 14.1. The van der Waals surface area contributed by atoms with Crippen LogP contribution in [-0.2, 0) is 17.8 Å². The molecule has 0 saturated carbocycles. The van der Waals surface area contributed by atoms with Crippen LogP contribution in [0.15, 0.2) is 46.9 Å². The highest BCUT2D eigenvalue weighted by Crippen LogP contribution is 2.27. The molecule has 5 heteroatoms. The molecule has 1 aliphatic rings. The number of ether oxygens (including phenoxy) is 1. The predicted molar refractivity (Wildman–Crippen MR) is 90.2 cm³/mol. The number of rotatable bonds is 3. The van der Waals surface area contributed by atoms with Crippen LogP contribution in [0, 0.1) is 0 Å². The fraction of sp³-hybridized carbons (Fsp3) is 0.235. The van der Waals surface area contributed by atoms with Crippen LogP contribution in [0.5, 0.6) is 5.75 Å². The van der Waals surface area contributed by atoms with E-state index in [1.54, 1.807) is 0 Å². The largest absolute Gasteiger partial charge is 0.483 e. The summed E-state index contributed by atoms with van der Waals surface area (Å²) in [7, 11) is 0. The third kappa shape index (κ3) is 3.62. The van der Waals surface area contributed by atoms with E-state index in [4.69, 9.17) is 16.3 Å². The standard InChI is InChI=1S/C17H15BrClNO2/c18-14-3-6-16-13(9-14)10-20(17(21)11-22-16)8-7-12-1-4-15(19)5-2-12/h1-6,9H,7-8,10-11H2. The highest BCUT2D eigenvalue weighted by atomic mass is 79.9. The summed E-state index contributed by atoms with van der Waals surface area (Å²) in [6.07, 6.45) is 0.798. The molecular formula is C17H15BrClNO2. The van der Waals surface area contributed by atoms with Crippen molar-refractivity contribution >= 4 is 33.4 Å². The van der Waals surface area contributed by atoms with E-state index in [1.807, 2.05) is 47.4 Å². The van der Waals surface area contributed by atoms with E-state index in [0.29, 0.717) is 13.1 Å². The Morgan fingerprint density at radius 1 is 1.18 bits per heavy atom. The Kier molecular flexibility index (Phi) is 4.69. The zero-order chi connectivity index (χ0) is 15.5. The number of carbonyl (C=O) groups is 1. The van der Waals surface area contributed by atoms with Crippen molar-refractivity contribution in [2.45, 2.75) is 13.0 Å². The molecule has 114 valence electrons. The van der Waals surface area contributed by atoms with Crippen LogP contribution < -0.4 is 4.74 Å². The normalized spacial score (nSPS) is 14.3. The van der Waals surface area contributed by atoms with E-state index < -0.39 is 0 Å². The highest BCUT2D eigenvalue weighted by molar-refractivity contribution is 9.10. The second kappa shape index (κ2) is 6.71. The molecular weight excluding hydrogens is 366 g/mol. The average Bonchev–Trinajstić information content (AvgIpc) is 2.66. The van der Waals surface area contributed by atoms with E-state index in [1.165, 1.54) is 0 Å². The van der Waals surface area contributed by atoms with E-state index >= 15 is 0 Å². The Hall–Kier alpha value is -1.52. The maximum Gasteiger partial charge on any atom is 0.260 e. The monoisotopic (exact) mass is 379 g/mol. The van der Waals surface area contributed by atoms with Crippen LogP contribution in [0.2, 0.25) is 5.02 Å². The van der Waals surface area contributed by atoms with Gasteiger partial charge in [0.1, 0.15) is 5.75 Å². The van der Waals surface area contributed by atoms with Gasteiger partial charge in [0.25, 0.3) is 5.91 Å². The molecule has 2 aromatic carbocycles. The van der Waals surface area contributed by atoms with Gasteiger partial charge in [-0.3, -0.25) is 4.79 Å². The molecule has 1 amide bonds. The van der Waals surface area contributed by atoms with Crippen LogP contribution in [0.25, 0.3) is 0 Å². The molecule has 0 radical (unpaired) electrons. The fourth-order valence-electron chi connectivity index (χ4n) is 2.46. The Morgan fingerprint density at radius 2 is 1.95 bits per heavy atom. The van der Waals surface area contributed by atoms with Gasteiger partial charge in [0.05, 0.1) is 0 Å².